The van der Waals surface area contributed by atoms with Crippen molar-refractivity contribution in [3.8, 4) is 5.75 Å². The van der Waals surface area contributed by atoms with Gasteiger partial charge in [-0.3, -0.25) is 0 Å². The van der Waals surface area contributed by atoms with Crippen LogP contribution in [0.1, 0.15) is 5.56 Å². The van der Waals surface area contributed by atoms with Gasteiger partial charge in [-0.05, 0) is 23.2 Å². The van der Waals surface area contributed by atoms with E-state index in [1.165, 1.54) is 0 Å². The van der Waals surface area contributed by atoms with Crippen molar-refractivity contribution in [1.29, 1.82) is 0 Å². The van der Waals surface area contributed by atoms with Crippen LogP contribution in [-0.2, 0) is 6.54 Å². The summed E-state index contributed by atoms with van der Waals surface area (Å²) in [5, 5.41) is 3.54. The topological polar surface area (TPSA) is 61.2 Å². The molecule has 0 saturated carbocycles. The molecule has 5 heteroatoms. The molecule has 0 atom stereocenters. The van der Waals surface area contributed by atoms with E-state index >= 15 is 0 Å². The summed E-state index contributed by atoms with van der Waals surface area (Å²) >= 11 is 0. The lowest BCUT2D eigenvalue weighted by Crippen LogP contribution is -2.28. The van der Waals surface area contributed by atoms with Gasteiger partial charge < -0.3 is 9.64 Å². The summed E-state index contributed by atoms with van der Waals surface area (Å²) < 4.78 is 5.51. The molecule has 78 valence electrons. The third kappa shape index (κ3) is 1.97. The molecular formula is C10H12N4O. The molecule has 0 aromatic heterocycles. The molecular weight excluding hydrogens is 192 g/mol. The van der Waals surface area contributed by atoms with Crippen molar-refractivity contribution in [3.05, 3.63) is 34.2 Å². The Labute approximate surface area is 87.9 Å². The molecule has 0 amide bonds. The minimum atomic E-state index is 0.387. The summed E-state index contributed by atoms with van der Waals surface area (Å²) in [6.07, 6.45) is 0. The predicted molar refractivity (Wildman–Crippen MR) is 58.1 cm³/mol. The molecule has 1 aromatic carbocycles. The first-order valence-electron chi connectivity index (χ1n) is 4.79. The number of benzene rings is 1. The maximum absolute atomic E-state index is 8.24. The van der Waals surface area contributed by atoms with Crippen molar-refractivity contribution >= 4 is 5.69 Å². The molecule has 0 aliphatic carbocycles. The highest BCUT2D eigenvalue weighted by atomic mass is 16.5. The van der Waals surface area contributed by atoms with Crippen LogP contribution in [0.3, 0.4) is 0 Å². The van der Waals surface area contributed by atoms with Gasteiger partial charge in [0, 0.05) is 12.0 Å². The third-order valence-corrected chi connectivity index (χ3v) is 2.44. The molecule has 0 fully saturated rings. The van der Waals surface area contributed by atoms with Crippen LogP contribution in [0.25, 0.3) is 10.4 Å². The molecule has 1 aromatic rings. The highest BCUT2D eigenvalue weighted by molar-refractivity contribution is 5.60. The van der Waals surface area contributed by atoms with Gasteiger partial charge in [-0.25, -0.2) is 0 Å². The van der Waals surface area contributed by atoms with Crippen LogP contribution in [0.2, 0.25) is 0 Å². The van der Waals surface area contributed by atoms with Crippen LogP contribution in [0.4, 0.5) is 5.69 Å². The van der Waals surface area contributed by atoms with Crippen LogP contribution in [0.15, 0.2) is 23.3 Å². The van der Waals surface area contributed by atoms with Gasteiger partial charge in [0.15, 0.2) is 0 Å². The van der Waals surface area contributed by atoms with E-state index in [0.29, 0.717) is 6.54 Å². The summed E-state index contributed by atoms with van der Waals surface area (Å²) in [7, 11) is 2.03. The highest BCUT2D eigenvalue weighted by Crippen LogP contribution is 2.31. The van der Waals surface area contributed by atoms with Crippen molar-refractivity contribution in [2.45, 2.75) is 6.54 Å². The van der Waals surface area contributed by atoms with Crippen LogP contribution in [-0.4, -0.2) is 20.2 Å². The first kappa shape index (κ1) is 9.68. The fraction of sp³-hybridized carbons (Fsp3) is 0.400. The third-order valence-electron chi connectivity index (χ3n) is 2.44. The van der Waals surface area contributed by atoms with E-state index in [-0.39, 0.29) is 0 Å². The molecule has 0 bridgehead atoms. The number of fused-ring (bicyclic) bond motifs is 1. The average Bonchev–Trinajstić information content (AvgIpc) is 2.27. The minimum absolute atomic E-state index is 0.387. The van der Waals surface area contributed by atoms with E-state index in [1.807, 2.05) is 25.2 Å². The summed E-state index contributed by atoms with van der Waals surface area (Å²) in [4.78, 5) is 4.88. The summed E-state index contributed by atoms with van der Waals surface area (Å²) in [5.74, 6) is 0.897. The van der Waals surface area contributed by atoms with Crippen molar-refractivity contribution in [2.75, 3.05) is 25.1 Å². The van der Waals surface area contributed by atoms with Gasteiger partial charge in [0.1, 0.15) is 12.4 Å². The lowest BCUT2D eigenvalue weighted by molar-refractivity contribution is 0.311. The molecule has 0 spiro atoms. The second-order valence-electron chi connectivity index (χ2n) is 3.46. The Hall–Kier alpha value is -1.87. The van der Waals surface area contributed by atoms with E-state index in [1.54, 1.807) is 0 Å². The summed E-state index contributed by atoms with van der Waals surface area (Å²) in [6, 6.07) is 5.85. The summed E-state index contributed by atoms with van der Waals surface area (Å²) in [6.45, 7) is 1.99. The number of rotatable bonds is 2. The van der Waals surface area contributed by atoms with E-state index < -0.39 is 0 Å². The van der Waals surface area contributed by atoms with E-state index in [4.69, 9.17) is 10.3 Å². The number of azide groups is 1. The van der Waals surface area contributed by atoms with Gasteiger partial charge in [0.05, 0.1) is 18.8 Å². The molecule has 0 unspecified atom stereocenters. The van der Waals surface area contributed by atoms with E-state index in [0.717, 1.165) is 30.2 Å². The molecule has 0 radical (unpaired) electrons. The standard InChI is InChI=1S/C10H12N4O/c1-14-4-5-15-10-3-2-8(6-9(10)14)7-12-13-11/h2-3,6H,4-5,7H2,1H3. The molecule has 1 heterocycles. The monoisotopic (exact) mass is 204 g/mol. The molecule has 15 heavy (non-hydrogen) atoms. The highest BCUT2D eigenvalue weighted by Gasteiger charge is 2.14. The first-order chi connectivity index (χ1) is 7.31. The Morgan fingerprint density at radius 2 is 2.47 bits per heavy atom. The SMILES string of the molecule is CN1CCOc2ccc(CN=[N+]=[N-])cc21. The lowest BCUT2D eigenvalue weighted by atomic mass is 10.1. The second kappa shape index (κ2) is 4.11. The average molecular weight is 204 g/mol. The van der Waals surface area contributed by atoms with Gasteiger partial charge in [-0.1, -0.05) is 11.2 Å². The largest absolute Gasteiger partial charge is 0.490 e. The molecule has 2 rings (SSSR count). The number of hydrogen-bond donors (Lipinski definition) is 0. The van der Waals surface area contributed by atoms with Crippen LogP contribution in [0, 0.1) is 0 Å². The molecule has 1 aliphatic heterocycles. The van der Waals surface area contributed by atoms with E-state index in [9.17, 15) is 0 Å². The van der Waals surface area contributed by atoms with Gasteiger partial charge in [0.25, 0.3) is 0 Å². The zero-order chi connectivity index (χ0) is 10.7. The lowest BCUT2D eigenvalue weighted by Gasteiger charge is -2.27. The Morgan fingerprint density at radius 3 is 3.27 bits per heavy atom. The normalized spacial score (nSPS) is 13.8. The predicted octanol–water partition coefficient (Wildman–Crippen LogP) is 2.33. The zero-order valence-electron chi connectivity index (χ0n) is 8.55. The Kier molecular flexibility index (Phi) is 2.65. The Balaban J connectivity index is 2.30. The first-order valence-corrected chi connectivity index (χ1v) is 4.79. The summed E-state index contributed by atoms with van der Waals surface area (Å²) in [5.41, 5.74) is 10.3. The zero-order valence-corrected chi connectivity index (χ0v) is 8.55. The number of anilines is 1. The smallest absolute Gasteiger partial charge is 0.142 e. The number of hydrogen-bond acceptors (Lipinski definition) is 3. The van der Waals surface area contributed by atoms with Crippen LogP contribution >= 0.6 is 0 Å². The maximum atomic E-state index is 8.24. The Morgan fingerprint density at radius 1 is 1.60 bits per heavy atom. The maximum Gasteiger partial charge on any atom is 0.142 e. The van der Waals surface area contributed by atoms with Crippen LogP contribution < -0.4 is 9.64 Å². The van der Waals surface area contributed by atoms with Crippen molar-refractivity contribution in [1.82, 2.24) is 0 Å². The minimum Gasteiger partial charge on any atom is -0.490 e. The van der Waals surface area contributed by atoms with Crippen molar-refractivity contribution in [3.63, 3.8) is 0 Å². The molecule has 1 aliphatic rings. The molecule has 0 N–H and O–H groups in total. The van der Waals surface area contributed by atoms with E-state index in [2.05, 4.69) is 14.9 Å². The quantitative estimate of drug-likeness (QED) is 0.421. The van der Waals surface area contributed by atoms with Gasteiger partial charge in [-0.2, -0.15) is 0 Å². The van der Waals surface area contributed by atoms with Gasteiger partial charge in [-0.15, -0.1) is 0 Å². The number of likely N-dealkylation sites (N-methyl/N-ethyl adjacent to an activating group) is 1. The van der Waals surface area contributed by atoms with Crippen molar-refractivity contribution in [2.24, 2.45) is 5.11 Å². The van der Waals surface area contributed by atoms with Gasteiger partial charge in [0.2, 0.25) is 0 Å². The second-order valence-corrected chi connectivity index (χ2v) is 3.46. The van der Waals surface area contributed by atoms with Crippen molar-refractivity contribution < 1.29 is 4.74 Å². The fourth-order valence-corrected chi connectivity index (χ4v) is 1.61. The fourth-order valence-electron chi connectivity index (χ4n) is 1.61. The molecule has 0 saturated heterocycles. The number of ether oxygens (including phenoxy) is 1. The Bertz CT molecular complexity index is 412. The van der Waals surface area contributed by atoms with Crippen LogP contribution in [0.5, 0.6) is 5.75 Å². The van der Waals surface area contributed by atoms with Gasteiger partial charge >= 0.3 is 0 Å². The number of nitrogens with zero attached hydrogens (tertiary/aromatic N) is 4. The molecule has 5 nitrogen and oxygen atoms in total.